The van der Waals surface area contributed by atoms with Gasteiger partial charge in [0, 0.05) is 29.9 Å². The smallest absolute Gasteiger partial charge is 0.252 e. The molecule has 0 fully saturated rings. The summed E-state index contributed by atoms with van der Waals surface area (Å²) in [5, 5.41) is 15.6. The van der Waals surface area contributed by atoms with Gasteiger partial charge in [-0.2, -0.15) is 4.98 Å². The van der Waals surface area contributed by atoms with Crippen LogP contribution in [0.4, 0.5) is 10.1 Å². The van der Waals surface area contributed by atoms with Gasteiger partial charge in [-0.05, 0) is 51.0 Å². The summed E-state index contributed by atoms with van der Waals surface area (Å²) in [5.74, 6) is 1.47. The van der Waals surface area contributed by atoms with Crippen LogP contribution < -0.4 is 5.32 Å². The van der Waals surface area contributed by atoms with Crippen LogP contribution in [0.5, 0.6) is 0 Å². The number of aryl methyl sites for hydroxylation is 3. The van der Waals surface area contributed by atoms with Crippen LogP contribution in [0.25, 0.3) is 17.2 Å². The van der Waals surface area contributed by atoms with Crippen molar-refractivity contribution < 1.29 is 9.18 Å². The number of anilines is 1. The van der Waals surface area contributed by atoms with Gasteiger partial charge in [0.25, 0.3) is 5.78 Å². The van der Waals surface area contributed by atoms with Gasteiger partial charge < -0.3 is 9.88 Å². The van der Waals surface area contributed by atoms with Gasteiger partial charge in [-0.1, -0.05) is 6.42 Å². The fourth-order valence-corrected chi connectivity index (χ4v) is 4.08. The Morgan fingerprint density at radius 1 is 1.12 bits per heavy atom. The molecule has 10 heteroatoms. The number of carbonyl (C=O) groups excluding carboxylic acids is 1. The van der Waals surface area contributed by atoms with Crippen molar-refractivity contribution in [1.82, 2.24) is 34.3 Å². The molecule has 1 aromatic carbocycles. The predicted octanol–water partition coefficient (Wildman–Crippen LogP) is 3.05. The third kappa shape index (κ3) is 3.83. The molecule has 9 nitrogen and oxygen atoms in total. The Kier molecular flexibility index (Phi) is 5.12. The average molecular weight is 434 g/mol. The number of fused-ring (bicyclic) bond motifs is 2. The average Bonchev–Trinajstić information content (AvgIpc) is 3.26. The molecule has 0 saturated heterocycles. The number of benzene rings is 1. The fourth-order valence-electron chi connectivity index (χ4n) is 4.08. The number of amides is 1. The van der Waals surface area contributed by atoms with Crippen molar-refractivity contribution in [2.45, 2.75) is 52.5 Å². The molecule has 0 atom stereocenters. The summed E-state index contributed by atoms with van der Waals surface area (Å²) in [6.45, 7) is 4.60. The molecule has 4 heterocycles. The van der Waals surface area contributed by atoms with Gasteiger partial charge in [-0.25, -0.2) is 13.9 Å². The van der Waals surface area contributed by atoms with Crippen LogP contribution in [0.1, 0.15) is 42.3 Å². The molecule has 164 valence electrons. The van der Waals surface area contributed by atoms with Crippen LogP contribution in [0.3, 0.4) is 0 Å². The van der Waals surface area contributed by atoms with E-state index < -0.39 is 11.7 Å². The van der Waals surface area contributed by atoms with E-state index in [0.717, 1.165) is 49.4 Å². The van der Waals surface area contributed by atoms with Crippen LogP contribution >= 0.6 is 0 Å². The van der Waals surface area contributed by atoms with E-state index in [2.05, 4.69) is 35.1 Å². The molecule has 5 rings (SSSR count). The minimum absolute atomic E-state index is 0.0902. The molecule has 0 unspecified atom stereocenters. The topological polar surface area (TPSA) is 103 Å². The summed E-state index contributed by atoms with van der Waals surface area (Å²) < 4.78 is 18.2. The van der Waals surface area contributed by atoms with Crippen molar-refractivity contribution in [3.8, 4) is 11.4 Å². The second-order valence-corrected chi connectivity index (χ2v) is 8.10. The lowest BCUT2D eigenvalue weighted by Gasteiger charge is -2.10. The predicted molar refractivity (Wildman–Crippen MR) is 116 cm³/mol. The third-order valence-electron chi connectivity index (χ3n) is 5.59. The molecule has 0 aliphatic carbocycles. The van der Waals surface area contributed by atoms with Gasteiger partial charge in [-0.15, -0.1) is 15.3 Å². The summed E-state index contributed by atoms with van der Waals surface area (Å²) in [5.41, 5.74) is 2.50. The highest BCUT2D eigenvalue weighted by molar-refractivity contribution is 5.92. The van der Waals surface area contributed by atoms with E-state index in [4.69, 9.17) is 0 Å². The Morgan fingerprint density at radius 3 is 2.88 bits per heavy atom. The molecule has 4 aromatic rings. The number of nitrogens with one attached hydrogen (secondary N) is 1. The molecule has 3 aromatic heterocycles. The minimum Gasteiger partial charge on any atom is -0.323 e. The zero-order chi connectivity index (χ0) is 22.2. The quantitative estimate of drug-likeness (QED) is 0.530. The summed E-state index contributed by atoms with van der Waals surface area (Å²) in [4.78, 5) is 21.3. The first-order chi connectivity index (χ1) is 15.5. The number of rotatable bonds is 4. The normalized spacial score (nSPS) is 13.7. The van der Waals surface area contributed by atoms with E-state index >= 15 is 0 Å². The summed E-state index contributed by atoms with van der Waals surface area (Å²) >= 11 is 0. The number of carbonyl (C=O) groups is 1. The highest BCUT2D eigenvalue weighted by atomic mass is 19.1. The van der Waals surface area contributed by atoms with Gasteiger partial charge in [0.05, 0.1) is 12.1 Å². The minimum atomic E-state index is -0.520. The van der Waals surface area contributed by atoms with E-state index in [1.807, 2.05) is 19.9 Å². The van der Waals surface area contributed by atoms with Gasteiger partial charge in [0.2, 0.25) is 5.91 Å². The van der Waals surface area contributed by atoms with Crippen molar-refractivity contribution in [3.05, 3.63) is 53.1 Å². The Balaban J connectivity index is 1.37. The molecule has 1 amide bonds. The Bertz CT molecular complexity index is 1330. The number of hydrogen-bond acceptors (Lipinski definition) is 6. The van der Waals surface area contributed by atoms with Gasteiger partial charge in [0.1, 0.15) is 11.6 Å². The van der Waals surface area contributed by atoms with E-state index in [0.29, 0.717) is 23.0 Å². The lowest BCUT2D eigenvalue weighted by Crippen LogP contribution is -2.16. The van der Waals surface area contributed by atoms with Crippen molar-refractivity contribution >= 4 is 17.4 Å². The van der Waals surface area contributed by atoms with Gasteiger partial charge >= 0.3 is 0 Å². The molecule has 0 radical (unpaired) electrons. The van der Waals surface area contributed by atoms with Crippen LogP contribution in [0.15, 0.2) is 24.3 Å². The number of aromatic nitrogens is 7. The SMILES string of the molecule is Cc1cc(C)n2nc(CC(=O)Nc3cc(-c4nnc5n4CCCCC5)ccc3F)nc2n1. The molecule has 32 heavy (non-hydrogen) atoms. The first-order valence-corrected chi connectivity index (χ1v) is 10.7. The molecular formula is C22H23FN8O. The van der Waals surface area contributed by atoms with E-state index in [-0.39, 0.29) is 12.1 Å². The summed E-state index contributed by atoms with van der Waals surface area (Å²) in [7, 11) is 0. The van der Waals surface area contributed by atoms with E-state index in [1.54, 1.807) is 16.6 Å². The molecular weight excluding hydrogens is 411 g/mol. The fraction of sp³-hybridized carbons (Fsp3) is 0.364. The van der Waals surface area contributed by atoms with Gasteiger partial charge in [-0.3, -0.25) is 4.79 Å². The molecule has 0 saturated carbocycles. The first-order valence-electron chi connectivity index (χ1n) is 10.7. The molecule has 1 aliphatic rings. The standard InChI is InChI=1S/C22H23FN8O/c1-13-10-14(2)31-22(24-13)26-18(29-31)12-20(32)25-17-11-15(7-8-16(17)23)21-28-27-19-6-4-3-5-9-30(19)21/h7-8,10-11H,3-6,9,12H2,1-2H3,(H,25,32). The summed E-state index contributed by atoms with van der Waals surface area (Å²) in [6, 6.07) is 6.48. The monoisotopic (exact) mass is 434 g/mol. The lowest BCUT2D eigenvalue weighted by atomic mass is 10.1. The lowest BCUT2D eigenvalue weighted by molar-refractivity contribution is -0.115. The van der Waals surface area contributed by atoms with Crippen LogP contribution in [0.2, 0.25) is 0 Å². The number of nitrogens with zero attached hydrogens (tertiary/aromatic N) is 7. The molecule has 0 spiro atoms. The maximum Gasteiger partial charge on any atom is 0.252 e. The van der Waals surface area contributed by atoms with Crippen molar-refractivity contribution in [2.75, 3.05) is 5.32 Å². The molecule has 1 N–H and O–H groups in total. The van der Waals surface area contributed by atoms with Crippen LogP contribution in [0, 0.1) is 19.7 Å². The Morgan fingerprint density at radius 2 is 2.00 bits per heavy atom. The maximum atomic E-state index is 14.5. The first kappa shape index (κ1) is 20.2. The second-order valence-electron chi connectivity index (χ2n) is 8.10. The maximum absolute atomic E-state index is 14.5. The van der Waals surface area contributed by atoms with E-state index in [9.17, 15) is 9.18 Å². The zero-order valence-corrected chi connectivity index (χ0v) is 18.0. The van der Waals surface area contributed by atoms with Crippen LogP contribution in [-0.4, -0.2) is 40.3 Å². The van der Waals surface area contributed by atoms with Crippen molar-refractivity contribution in [2.24, 2.45) is 0 Å². The van der Waals surface area contributed by atoms with Crippen molar-refractivity contribution in [3.63, 3.8) is 0 Å². The molecule has 0 bridgehead atoms. The van der Waals surface area contributed by atoms with Crippen molar-refractivity contribution in [1.29, 1.82) is 0 Å². The second kappa shape index (κ2) is 8.10. The van der Waals surface area contributed by atoms with E-state index in [1.165, 1.54) is 6.07 Å². The van der Waals surface area contributed by atoms with Gasteiger partial charge in [0.15, 0.2) is 11.6 Å². The Hall–Kier alpha value is -3.69. The highest BCUT2D eigenvalue weighted by Gasteiger charge is 2.18. The Labute approximate surface area is 183 Å². The third-order valence-corrected chi connectivity index (χ3v) is 5.59. The van der Waals surface area contributed by atoms with Crippen LogP contribution in [-0.2, 0) is 24.2 Å². The number of hydrogen-bond donors (Lipinski definition) is 1. The number of halogens is 1. The highest BCUT2D eigenvalue weighted by Crippen LogP contribution is 2.26. The zero-order valence-electron chi connectivity index (χ0n) is 18.0. The molecule has 1 aliphatic heterocycles. The largest absolute Gasteiger partial charge is 0.323 e. The summed E-state index contributed by atoms with van der Waals surface area (Å²) in [6.07, 6.45) is 4.10.